The smallest absolute Gasteiger partial charge is 0.323 e. The standard InChI is InChI=1S/C9H12ClNO4S2/c1-6(9(12)13)17(14,15)11(2)5-7-3-4-8(10)16-7/h3-4,6H,5H2,1-2H3,(H,12,13). The normalized spacial score (nSPS) is 13.9. The lowest BCUT2D eigenvalue weighted by atomic mass is 10.5. The highest BCUT2D eigenvalue weighted by Gasteiger charge is 2.31. The summed E-state index contributed by atoms with van der Waals surface area (Å²) in [5.41, 5.74) is 0. The van der Waals surface area contributed by atoms with Gasteiger partial charge in [0.25, 0.3) is 0 Å². The number of halogens is 1. The highest BCUT2D eigenvalue weighted by molar-refractivity contribution is 7.90. The van der Waals surface area contributed by atoms with E-state index in [4.69, 9.17) is 16.7 Å². The summed E-state index contributed by atoms with van der Waals surface area (Å²) in [5, 5.41) is 7.26. The van der Waals surface area contributed by atoms with Gasteiger partial charge in [0, 0.05) is 18.5 Å². The molecule has 5 nitrogen and oxygen atoms in total. The van der Waals surface area contributed by atoms with Crippen molar-refractivity contribution in [1.82, 2.24) is 4.31 Å². The summed E-state index contributed by atoms with van der Waals surface area (Å²) in [6.07, 6.45) is 0. The van der Waals surface area contributed by atoms with Gasteiger partial charge in [0.05, 0.1) is 4.34 Å². The van der Waals surface area contributed by atoms with Gasteiger partial charge in [-0.25, -0.2) is 8.42 Å². The minimum Gasteiger partial charge on any atom is -0.480 e. The minimum absolute atomic E-state index is 0.122. The third-order valence-corrected chi connectivity index (χ3v) is 5.55. The van der Waals surface area contributed by atoms with Gasteiger partial charge in [0.1, 0.15) is 0 Å². The highest BCUT2D eigenvalue weighted by Crippen LogP contribution is 2.23. The van der Waals surface area contributed by atoms with Crippen molar-refractivity contribution in [2.24, 2.45) is 0 Å². The largest absolute Gasteiger partial charge is 0.480 e. The fourth-order valence-corrected chi connectivity index (χ4v) is 3.48. The second-order valence-electron chi connectivity index (χ2n) is 3.49. The Balaban J connectivity index is 2.83. The van der Waals surface area contributed by atoms with Gasteiger partial charge < -0.3 is 5.11 Å². The van der Waals surface area contributed by atoms with Crippen LogP contribution in [0.1, 0.15) is 11.8 Å². The molecule has 96 valence electrons. The van der Waals surface area contributed by atoms with Crippen LogP contribution in [0.4, 0.5) is 0 Å². The summed E-state index contributed by atoms with van der Waals surface area (Å²) in [6, 6.07) is 3.38. The van der Waals surface area contributed by atoms with Gasteiger partial charge in [-0.05, 0) is 19.1 Å². The highest BCUT2D eigenvalue weighted by atomic mass is 35.5. The van der Waals surface area contributed by atoms with Gasteiger partial charge >= 0.3 is 5.97 Å². The van der Waals surface area contributed by atoms with Crippen molar-refractivity contribution in [2.45, 2.75) is 18.7 Å². The quantitative estimate of drug-likeness (QED) is 0.896. The molecular weight excluding hydrogens is 286 g/mol. The van der Waals surface area contributed by atoms with Crippen molar-refractivity contribution in [3.63, 3.8) is 0 Å². The van der Waals surface area contributed by atoms with Crippen LogP contribution < -0.4 is 0 Å². The molecule has 0 amide bonds. The van der Waals surface area contributed by atoms with Crippen LogP contribution in [0.2, 0.25) is 4.34 Å². The molecule has 0 aliphatic carbocycles. The molecule has 1 atom stereocenters. The molecule has 0 aliphatic rings. The number of sulfonamides is 1. The van der Waals surface area contributed by atoms with Crippen molar-refractivity contribution in [2.75, 3.05) is 7.05 Å². The van der Waals surface area contributed by atoms with Gasteiger partial charge in [0.2, 0.25) is 10.0 Å². The van der Waals surface area contributed by atoms with E-state index in [1.165, 1.54) is 18.4 Å². The molecule has 0 aliphatic heterocycles. The summed E-state index contributed by atoms with van der Waals surface area (Å²) >= 11 is 6.99. The van der Waals surface area contributed by atoms with Crippen LogP contribution in [0.25, 0.3) is 0 Å². The molecule has 1 unspecified atom stereocenters. The van der Waals surface area contributed by atoms with E-state index < -0.39 is 21.2 Å². The maximum Gasteiger partial charge on any atom is 0.323 e. The third-order valence-electron chi connectivity index (χ3n) is 2.24. The lowest BCUT2D eigenvalue weighted by molar-refractivity contribution is -0.136. The zero-order valence-corrected chi connectivity index (χ0v) is 11.6. The van der Waals surface area contributed by atoms with Gasteiger partial charge in [-0.2, -0.15) is 4.31 Å². The van der Waals surface area contributed by atoms with E-state index in [0.717, 1.165) is 16.1 Å². The number of nitrogens with zero attached hydrogens (tertiary/aromatic N) is 1. The lowest BCUT2D eigenvalue weighted by Crippen LogP contribution is -2.38. The second-order valence-corrected chi connectivity index (χ2v) is 7.65. The minimum atomic E-state index is -3.83. The topological polar surface area (TPSA) is 74.7 Å². The molecule has 1 aromatic rings. The molecule has 0 bridgehead atoms. The summed E-state index contributed by atoms with van der Waals surface area (Å²) in [5.74, 6) is -1.36. The second kappa shape index (κ2) is 5.34. The van der Waals surface area contributed by atoms with E-state index in [-0.39, 0.29) is 6.54 Å². The Labute approximate surface area is 109 Å². The van der Waals surface area contributed by atoms with E-state index in [9.17, 15) is 13.2 Å². The lowest BCUT2D eigenvalue weighted by Gasteiger charge is -2.18. The molecule has 1 N–H and O–H groups in total. The van der Waals surface area contributed by atoms with Crippen molar-refractivity contribution in [3.8, 4) is 0 Å². The Morgan fingerprint density at radius 3 is 2.59 bits per heavy atom. The number of thiophene rings is 1. The molecule has 0 fully saturated rings. The zero-order chi connectivity index (χ0) is 13.2. The fourth-order valence-electron chi connectivity index (χ4n) is 1.14. The predicted octanol–water partition coefficient (Wildman–Crippen LogP) is 1.64. The van der Waals surface area contributed by atoms with Crippen LogP contribution in [0.5, 0.6) is 0 Å². The number of hydrogen-bond acceptors (Lipinski definition) is 4. The number of carbonyl (C=O) groups is 1. The zero-order valence-electron chi connectivity index (χ0n) is 9.25. The van der Waals surface area contributed by atoms with Crippen molar-refractivity contribution in [3.05, 3.63) is 21.3 Å². The first kappa shape index (κ1) is 14.4. The Morgan fingerprint density at radius 2 is 2.18 bits per heavy atom. The van der Waals surface area contributed by atoms with E-state index in [0.29, 0.717) is 4.34 Å². The maximum absolute atomic E-state index is 11.8. The summed E-state index contributed by atoms with van der Waals surface area (Å²) in [7, 11) is -2.48. The molecular formula is C9H12ClNO4S2. The number of carboxylic acid groups (broad SMARTS) is 1. The first-order valence-corrected chi connectivity index (χ1v) is 7.37. The van der Waals surface area contributed by atoms with Gasteiger partial charge in [0.15, 0.2) is 5.25 Å². The number of aliphatic carboxylic acids is 1. The average Bonchev–Trinajstić information content (AvgIpc) is 2.62. The molecule has 17 heavy (non-hydrogen) atoms. The Kier molecular flexibility index (Phi) is 4.54. The summed E-state index contributed by atoms with van der Waals surface area (Å²) in [4.78, 5) is 11.4. The summed E-state index contributed by atoms with van der Waals surface area (Å²) < 4.78 is 25.2. The number of rotatable bonds is 5. The Bertz CT molecular complexity index is 511. The van der Waals surface area contributed by atoms with Crippen molar-refractivity contribution in [1.29, 1.82) is 0 Å². The average molecular weight is 298 g/mol. The van der Waals surface area contributed by atoms with Crippen LogP contribution in [0.15, 0.2) is 12.1 Å². The number of hydrogen-bond donors (Lipinski definition) is 1. The van der Waals surface area contributed by atoms with Gasteiger partial charge in [-0.15, -0.1) is 11.3 Å². The molecule has 0 aromatic carbocycles. The Morgan fingerprint density at radius 1 is 1.59 bits per heavy atom. The SMILES string of the molecule is CC(C(=O)O)S(=O)(=O)N(C)Cc1ccc(Cl)s1. The van der Waals surface area contributed by atoms with E-state index in [2.05, 4.69) is 0 Å². The van der Waals surface area contributed by atoms with Crippen LogP contribution >= 0.6 is 22.9 Å². The third kappa shape index (κ3) is 3.41. The van der Waals surface area contributed by atoms with E-state index in [1.807, 2.05) is 0 Å². The van der Waals surface area contributed by atoms with Crippen molar-refractivity contribution >= 4 is 38.9 Å². The molecule has 0 spiro atoms. The molecule has 0 saturated heterocycles. The number of carboxylic acids is 1. The molecule has 0 saturated carbocycles. The molecule has 1 aromatic heterocycles. The monoisotopic (exact) mass is 297 g/mol. The van der Waals surface area contributed by atoms with Crippen LogP contribution in [-0.2, 0) is 21.4 Å². The van der Waals surface area contributed by atoms with Gasteiger partial charge in [-0.1, -0.05) is 11.6 Å². The Hall–Kier alpha value is -0.630. The van der Waals surface area contributed by atoms with Crippen LogP contribution in [-0.4, -0.2) is 36.1 Å². The van der Waals surface area contributed by atoms with E-state index >= 15 is 0 Å². The summed E-state index contributed by atoms with van der Waals surface area (Å²) in [6.45, 7) is 1.27. The first-order chi connectivity index (χ1) is 7.75. The fraction of sp³-hybridized carbons (Fsp3) is 0.444. The molecule has 0 radical (unpaired) electrons. The first-order valence-electron chi connectivity index (χ1n) is 4.67. The van der Waals surface area contributed by atoms with Gasteiger partial charge in [-0.3, -0.25) is 4.79 Å². The maximum atomic E-state index is 11.8. The van der Waals surface area contributed by atoms with Crippen molar-refractivity contribution < 1.29 is 18.3 Å². The molecule has 1 heterocycles. The molecule has 8 heteroatoms. The van der Waals surface area contributed by atoms with E-state index in [1.54, 1.807) is 12.1 Å². The predicted molar refractivity (Wildman–Crippen MR) is 66.8 cm³/mol. The molecule has 1 rings (SSSR count). The van der Waals surface area contributed by atoms with Crippen LogP contribution in [0, 0.1) is 0 Å². The van der Waals surface area contributed by atoms with Crippen LogP contribution in [0.3, 0.4) is 0 Å².